The predicted molar refractivity (Wildman–Crippen MR) is 60.4 cm³/mol. The SMILES string of the molecule is C1CCCC(C2CCCCC[N]2)CC1. The predicted octanol–water partition coefficient (Wildman–Crippen LogP) is 3.50. The van der Waals surface area contributed by atoms with Crippen molar-refractivity contribution in [3.8, 4) is 0 Å². The minimum atomic E-state index is 0.746. The first-order valence-corrected chi connectivity index (χ1v) is 6.63. The summed E-state index contributed by atoms with van der Waals surface area (Å²) >= 11 is 0. The van der Waals surface area contributed by atoms with E-state index in [0.717, 1.165) is 18.5 Å². The van der Waals surface area contributed by atoms with Gasteiger partial charge in [0.1, 0.15) is 0 Å². The van der Waals surface area contributed by atoms with Crippen molar-refractivity contribution in [3.05, 3.63) is 0 Å². The molecule has 0 spiro atoms. The third-order valence-corrected chi connectivity index (χ3v) is 3.97. The van der Waals surface area contributed by atoms with Crippen molar-refractivity contribution in [3.63, 3.8) is 0 Å². The number of hydrogen-bond acceptors (Lipinski definition) is 0. The molecular weight excluding hydrogens is 170 g/mol. The van der Waals surface area contributed by atoms with Gasteiger partial charge in [-0.05, 0) is 31.6 Å². The summed E-state index contributed by atoms with van der Waals surface area (Å²) in [7, 11) is 0. The Morgan fingerprint density at radius 1 is 0.643 bits per heavy atom. The van der Waals surface area contributed by atoms with Crippen molar-refractivity contribution in [1.29, 1.82) is 0 Å². The summed E-state index contributed by atoms with van der Waals surface area (Å²) in [5.41, 5.74) is 0. The van der Waals surface area contributed by atoms with Crippen molar-refractivity contribution in [1.82, 2.24) is 5.32 Å². The Labute approximate surface area is 88.7 Å². The van der Waals surface area contributed by atoms with Crippen molar-refractivity contribution in [2.24, 2.45) is 5.92 Å². The van der Waals surface area contributed by atoms with Gasteiger partial charge >= 0.3 is 0 Å². The molecule has 1 nitrogen and oxygen atoms in total. The van der Waals surface area contributed by atoms with Crippen molar-refractivity contribution in [2.75, 3.05) is 6.54 Å². The lowest BCUT2D eigenvalue weighted by atomic mass is 9.89. The average Bonchev–Trinajstić information content (AvgIpc) is 2.62. The van der Waals surface area contributed by atoms with Gasteiger partial charge in [-0.3, -0.25) is 0 Å². The smallest absolute Gasteiger partial charge is 0.0274 e. The van der Waals surface area contributed by atoms with Crippen LogP contribution in [0.15, 0.2) is 0 Å². The molecule has 0 aromatic heterocycles. The molecule has 2 fully saturated rings. The molecule has 1 heteroatoms. The van der Waals surface area contributed by atoms with Gasteiger partial charge in [0.25, 0.3) is 0 Å². The van der Waals surface area contributed by atoms with Crippen molar-refractivity contribution in [2.45, 2.75) is 70.3 Å². The molecule has 1 saturated carbocycles. The molecule has 1 radical (unpaired) electrons. The van der Waals surface area contributed by atoms with Crippen LogP contribution < -0.4 is 5.32 Å². The van der Waals surface area contributed by atoms with Gasteiger partial charge in [0, 0.05) is 12.6 Å². The van der Waals surface area contributed by atoms with Gasteiger partial charge in [-0.2, -0.15) is 0 Å². The third kappa shape index (κ3) is 2.98. The van der Waals surface area contributed by atoms with Crippen LogP contribution in [-0.2, 0) is 0 Å². The lowest BCUT2D eigenvalue weighted by molar-refractivity contribution is 0.309. The molecule has 2 aliphatic rings. The fourth-order valence-electron chi connectivity index (χ4n) is 3.07. The summed E-state index contributed by atoms with van der Waals surface area (Å²) in [6.07, 6.45) is 14.4. The topological polar surface area (TPSA) is 14.1 Å². The Hall–Kier alpha value is -0.0400. The second-order valence-electron chi connectivity index (χ2n) is 5.07. The van der Waals surface area contributed by atoms with Gasteiger partial charge in [-0.25, -0.2) is 5.32 Å². The lowest BCUT2D eigenvalue weighted by Crippen LogP contribution is -2.29. The highest BCUT2D eigenvalue weighted by Crippen LogP contribution is 2.29. The van der Waals surface area contributed by atoms with Crippen LogP contribution in [0.1, 0.15) is 64.2 Å². The largest absolute Gasteiger partial charge is 0.238 e. The second-order valence-corrected chi connectivity index (χ2v) is 5.07. The van der Waals surface area contributed by atoms with Crippen LogP contribution in [0.4, 0.5) is 0 Å². The maximum absolute atomic E-state index is 4.89. The van der Waals surface area contributed by atoms with Crippen LogP contribution in [0.2, 0.25) is 0 Å². The van der Waals surface area contributed by atoms with Crippen molar-refractivity contribution < 1.29 is 0 Å². The van der Waals surface area contributed by atoms with Gasteiger partial charge in [0.2, 0.25) is 0 Å². The first-order valence-electron chi connectivity index (χ1n) is 6.63. The molecule has 81 valence electrons. The maximum Gasteiger partial charge on any atom is 0.0274 e. The van der Waals surface area contributed by atoms with Crippen LogP contribution >= 0.6 is 0 Å². The molecule has 2 rings (SSSR count). The van der Waals surface area contributed by atoms with E-state index < -0.39 is 0 Å². The van der Waals surface area contributed by atoms with Crippen LogP contribution in [0, 0.1) is 5.92 Å². The molecule has 1 unspecified atom stereocenters. The minimum absolute atomic E-state index is 0.746. The molecule has 0 bridgehead atoms. The molecule has 1 aliphatic carbocycles. The van der Waals surface area contributed by atoms with Gasteiger partial charge < -0.3 is 0 Å². The number of rotatable bonds is 1. The highest BCUT2D eigenvalue weighted by atomic mass is 14.9. The zero-order chi connectivity index (χ0) is 9.64. The Morgan fingerprint density at radius 2 is 1.29 bits per heavy atom. The Morgan fingerprint density at radius 3 is 2.07 bits per heavy atom. The third-order valence-electron chi connectivity index (χ3n) is 3.97. The van der Waals surface area contributed by atoms with Crippen LogP contribution in [0.3, 0.4) is 0 Å². The fraction of sp³-hybridized carbons (Fsp3) is 1.00. The number of hydrogen-bond donors (Lipinski definition) is 0. The van der Waals surface area contributed by atoms with E-state index in [4.69, 9.17) is 5.32 Å². The zero-order valence-corrected chi connectivity index (χ0v) is 9.38. The molecule has 0 aromatic rings. The summed E-state index contributed by atoms with van der Waals surface area (Å²) in [6, 6.07) is 0.746. The van der Waals surface area contributed by atoms with E-state index in [1.165, 1.54) is 64.2 Å². The van der Waals surface area contributed by atoms with Crippen LogP contribution in [0.5, 0.6) is 0 Å². The second kappa shape index (κ2) is 5.75. The quantitative estimate of drug-likeness (QED) is 0.567. The Bertz CT molecular complexity index is 121. The van der Waals surface area contributed by atoms with Crippen LogP contribution in [-0.4, -0.2) is 12.6 Å². The van der Waals surface area contributed by atoms with E-state index in [-0.39, 0.29) is 0 Å². The lowest BCUT2D eigenvalue weighted by Gasteiger charge is -2.24. The van der Waals surface area contributed by atoms with Gasteiger partial charge in [0.05, 0.1) is 0 Å². The molecule has 1 aliphatic heterocycles. The highest BCUT2D eigenvalue weighted by molar-refractivity contribution is 4.79. The summed E-state index contributed by atoms with van der Waals surface area (Å²) in [6.45, 7) is 1.15. The molecule has 14 heavy (non-hydrogen) atoms. The molecule has 0 aromatic carbocycles. The normalized spacial score (nSPS) is 32.1. The van der Waals surface area contributed by atoms with Gasteiger partial charge in [0.15, 0.2) is 0 Å². The summed E-state index contributed by atoms with van der Waals surface area (Å²) in [5.74, 6) is 0.954. The molecule has 1 atom stereocenters. The van der Waals surface area contributed by atoms with Crippen molar-refractivity contribution >= 4 is 0 Å². The number of nitrogens with zero attached hydrogens (tertiary/aromatic N) is 1. The Kier molecular flexibility index (Phi) is 4.30. The van der Waals surface area contributed by atoms with E-state index in [9.17, 15) is 0 Å². The summed E-state index contributed by atoms with van der Waals surface area (Å²) in [5, 5.41) is 4.89. The zero-order valence-electron chi connectivity index (χ0n) is 9.38. The summed E-state index contributed by atoms with van der Waals surface area (Å²) < 4.78 is 0. The molecule has 1 saturated heterocycles. The molecule has 0 amide bonds. The minimum Gasteiger partial charge on any atom is -0.238 e. The molecular formula is C13H24N. The average molecular weight is 194 g/mol. The monoisotopic (exact) mass is 194 g/mol. The maximum atomic E-state index is 4.89. The van der Waals surface area contributed by atoms with Crippen LogP contribution in [0.25, 0.3) is 0 Å². The van der Waals surface area contributed by atoms with E-state index in [1.807, 2.05) is 0 Å². The highest BCUT2D eigenvalue weighted by Gasteiger charge is 2.23. The van der Waals surface area contributed by atoms with E-state index in [0.29, 0.717) is 0 Å². The molecule has 0 N–H and O–H groups in total. The molecule has 1 heterocycles. The standard InChI is InChI=1S/C13H24N/c1-2-5-9-12(8-4-1)13-10-6-3-7-11-14-13/h12-13H,1-11H2. The first-order chi connectivity index (χ1) is 6.97. The van der Waals surface area contributed by atoms with Gasteiger partial charge in [-0.1, -0.05) is 38.5 Å². The van der Waals surface area contributed by atoms with E-state index >= 15 is 0 Å². The fourth-order valence-corrected chi connectivity index (χ4v) is 3.07. The van der Waals surface area contributed by atoms with E-state index in [2.05, 4.69) is 0 Å². The van der Waals surface area contributed by atoms with E-state index in [1.54, 1.807) is 0 Å². The van der Waals surface area contributed by atoms with Gasteiger partial charge in [-0.15, -0.1) is 0 Å². The Balaban J connectivity index is 1.83. The summed E-state index contributed by atoms with van der Waals surface area (Å²) in [4.78, 5) is 0. The first kappa shape index (κ1) is 10.5.